The molecule has 0 saturated carbocycles. The van der Waals surface area contributed by atoms with Gasteiger partial charge in [0.25, 0.3) is 0 Å². The molecule has 0 bridgehead atoms. The fourth-order valence-corrected chi connectivity index (χ4v) is 2.39. The molecule has 0 spiro atoms. The van der Waals surface area contributed by atoms with Crippen LogP contribution in [0.4, 0.5) is 0 Å². The Bertz CT molecular complexity index is 531. The number of hydrogen-bond donors (Lipinski definition) is 1. The molecular weight excluding hydrogens is 290 g/mol. The lowest BCUT2D eigenvalue weighted by molar-refractivity contribution is 0.354. The summed E-state index contributed by atoms with van der Waals surface area (Å²) >= 11 is 6.07. The van der Waals surface area contributed by atoms with Crippen LogP contribution in [0.15, 0.2) is 12.1 Å². The van der Waals surface area contributed by atoms with Crippen molar-refractivity contribution in [1.82, 2.24) is 5.32 Å². The molecule has 0 aromatic heterocycles. The summed E-state index contributed by atoms with van der Waals surface area (Å²) < 4.78 is 32.3. The van der Waals surface area contributed by atoms with Gasteiger partial charge < -0.3 is 14.8 Å². The Morgan fingerprint density at radius 1 is 1.26 bits per heavy atom. The van der Waals surface area contributed by atoms with Crippen LogP contribution in [0, 0.1) is 0 Å². The van der Waals surface area contributed by atoms with Crippen LogP contribution in [-0.2, 0) is 16.4 Å². The van der Waals surface area contributed by atoms with Crippen molar-refractivity contribution < 1.29 is 17.9 Å². The summed E-state index contributed by atoms with van der Waals surface area (Å²) in [5.41, 5.74) is 0.899. The molecule has 0 atom stereocenters. The van der Waals surface area contributed by atoms with Crippen molar-refractivity contribution in [3.8, 4) is 11.5 Å². The minimum atomic E-state index is -2.94. The second-order valence-electron chi connectivity index (χ2n) is 4.12. The average Bonchev–Trinajstić information content (AvgIpc) is 2.32. The molecule has 1 aromatic carbocycles. The summed E-state index contributed by atoms with van der Waals surface area (Å²) in [6, 6.07) is 3.56. The molecule has 1 rings (SSSR count). The van der Waals surface area contributed by atoms with E-state index in [0.29, 0.717) is 29.6 Å². The van der Waals surface area contributed by atoms with Crippen molar-refractivity contribution in [3.05, 3.63) is 22.7 Å². The Hall–Kier alpha value is -0.980. The first-order valence-electron chi connectivity index (χ1n) is 5.66. The van der Waals surface area contributed by atoms with E-state index in [9.17, 15) is 8.42 Å². The number of halogens is 1. The molecule has 0 aliphatic carbocycles. The van der Waals surface area contributed by atoms with Crippen LogP contribution in [0.3, 0.4) is 0 Å². The topological polar surface area (TPSA) is 64.6 Å². The molecule has 0 aliphatic rings. The molecule has 0 fully saturated rings. The van der Waals surface area contributed by atoms with Crippen LogP contribution in [0.5, 0.6) is 11.5 Å². The summed E-state index contributed by atoms with van der Waals surface area (Å²) in [5.74, 6) is 1.15. The van der Waals surface area contributed by atoms with Gasteiger partial charge in [0, 0.05) is 19.3 Å². The Balaban J connectivity index is 2.67. The summed E-state index contributed by atoms with van der Waals surface area (Å²) in [6.45, 7) is 0.903. The highest BCUT2D eigenvalue weighted by molar-refractivity contribution is 7.90. The largest absolute Gasteiger partial charge is 0.493 e. The number of rotatable bonds is 7. The molecule has 1 N–H and O–H groups in total. The molecule has 0 heterocycles. The predicted octanol–water partition coefficient (Wildman–Crippen LogP) is 1.49. The van der Waals surface area contributed by atoms with Gasteiger partial charge in [0.2, 0.25) is 0 Å². The second kappa shape index (κ2) is 6.98. The Kier molecular flexibility index (Phi) is 5.90. The lowest BCUT2D eigenvalue weighted by atomic mass is 10.2. The van der Waals surface area contributed by atoms with Crippen LogP contribution in [0.25, 0.3) is 0 Å². The zero-order valence-electron chi connectivity index (χ0n) is 11.2. The van der Waals surface area contributed by atoms with E-state index >= 15 is 0 Å². The van der Waals surface area contributed by atoms with Gasteiger partial charge in [-0.05, 0) is 17.7 Å². The molecular formula is C12H18ClNO4S. The first-order chi connectivity index (χ1) is 8.87. The zero-order chi connectivity index (χ0) is 14.5. The average molecular weight is 308 g/mol. The summed E-state index contributed by atoms with van der Waals surface area (Å²) in [5, 5.41) is 3.50. The van der Waals surface area contributed by atoms with Gasteiger partial charge in [0.1, 0.15) is 9.84 Å². The maximum Gasteiger partial charge on any atom is 0.179 e. The molecule has 7 heteroatoms. The second-order valence-corrected chi connectivity index (χ2v) is 6.79. The predicted molar refractivity (Wildman–Crippen MR) is 76.0 cm³/mol. The zero-order valence-corrected chi connectivity index (χ0v) is 12.8. The fourth-order valence-electron chi connectivity index (χ4n) is 1.56. The number of ether oxygens (including phenoxy) is 2. The van der Waals surface area contributed by atoms with Gasteiger partial charge in [-0.25, -0.2) is 8.42 Å². The van der Waals surface area contributed by atoms with Crippen molar-refractivity contribution in [1.29, 1.82) is 0 Å². The Labute approximate surface area is 118 Å². The van der Waals surface area contributed by atoms with E-state index in [1.54, 1.807) is 12.1 Å². The molecule has 108 valence electrons. The van der Waals surface area contributed by atoms with Crippen LogP contribution >= 0.6 is 11.6 Å². The minimum Gasteiger partial charge on any atom is -0.493 e. The van der Waals surface area contributed by atoms with Crippen LogP contribution in [0.1, 0.15) is 5.56 Å². The van der Waals surface area contributed by atoms with Gasteiger partial charge in [0.15, 0.2) is 11.5 Å². The Morgan fingerprint density at radius 3 is 2.47 bits per heavy atom. The lowest BCUT2D eigenvalue weighted by Gasteiger charge is -2.12. The van der Waals surface area contributed by atoms with Crippen molar-refractivity contribution in [2.75, 3.05) is 32.8 Å². The highest BCUT2D eigenvalue weighted by Crippen LogP contribution is 2.35. The third-order valence-corrected chi connectivity index (χ3v) is 3.70. The number of methoxy groups -OCH3 is 2. The standard InChI is InChI=1S/C12H18ClNO4S/c1-17-11-7-9(6-10(13)12(11)18-2)8-14-4-5-19(3,15)16/h6-7,14H,4-5,8H2,1-3H3. The highest BCUT2D eigenvalue weighted by Gasteiger charge is 2.10. The maximum atomic E-state index is 11.0. The number of hydrogen-bond acceptors (Lipinski definition) is 5. The summed E-state index contributed by atoms with van der Waals surface area (Å²) in [4.78, 5) is 0. The molecule has 1 aromatic rings. The first kappa shape index (κ1) is 16.1. The van der Waals surface area contributed by atoms with Crippen LogP contribution in [0.2, 0.25) is 5.02 Å². The van der Waals surface area contributed by atoms with Crippen molar-refractivity contribution >= 4 is 21.4 Å². The fraction of sp³-hybridized carbons (Fsp3) is 0.500. The van der Waals surface area contributed by atoms with Gasteiger partial charge in [-0.15, -0.1) is 0 Å². The van der Waals surface area contributed by atoms with Gasteiger partial charge >= 0.3 is 0 Å². The van der Waals surface area contributed by atoms with Crippen LogP contribution in [-0.4, -0.2) is 41.2 Å². The van der Waals surface area contributed by atoms with E-state index in [1.165, 1.54) is 20.5 Å². The molecule has 0 amide bonds. The monoisotopic (exact) mass is 307 g/mol. The van der Waals surface area contributed by atoms with Gasteiger partial charge in [0.05, 0.1) is 25.0 Å². The minimum absolute atomic E-state index is 0.105. The molecule has 5 nitrogen and oxygen atoms in total. The third kappa shape index (κ3) is 5.26. The van der Waals surface area contributed by atoms with Gasteiger partial charge in [-0.3, -0.25) is 0 Å². The number of nitrogens with one attached hydrogen (secondary N) is 1. The smallest absolute Gasteiger partial charge is 0.179 e. The number of sulfone groups is 1. The first-order valence-corrected chi connectivity index (χ1v) is 8.10. The Morgan fingerprint density at radius 2 is 1.95 bits per heavy atom. The summed E-state index contributed by atoms with van der Waals surface area (Å²) in [6.07, 6.45) is 1.21. The van der Waals surface area contributed by atoms with E-state index in [1.807, 2.05) is 0 Å². The summed E-state index contributed by atoms with van der Waals surface area (Å²) in [7, 11) is 0.115. The van der Waals surface area contributed by atoms with E-state index in [0.717, 1.165) is 5.56 Å². The molecule has 0 radical (unpaired) electrons. The molecule has 19 heavy (non-hydrogen) atoms. The normalized spacial score (nSPS) is 11.4. The van der Waals surface area contributed by atoms with Crippen molar-refractivity contribution in [3.63, 3.8) is 0 Å². The maximum absolute atomic E-state index is 11.0. The van der Waals surface area contributed by atoms with Crippen molar-refractivity contribution in [2.24, 2.45) is 0 Å². The highest BCUT2D eigenvalue weighted by atomic mass is 35.5. The third-order valence-electron chi connectivity index (χ3n) is 2.47. The molecule has 0 saturated heterocycles. The van der Waals surface area contributed by atoms with E-state index in [-0.39, 0.29) is 5.75 Å². The van der Waals surface area contributed by atoms with E-state index in [4.69, 9.17) is 21.1 Å². The van der Waals surface area contributed by atoms with Gasteiger partial charge in [-0.2, -0.15) is 0 Å². The van der Waals surface area contributed by atoms with E-state index < -0.39 is 9.84 Å². The molecule has 0 unspecified atom stereocenters. The van der Waals surface area contributed by atoms with E-state index in [2.05, 4.69) is 5.32 Å². The SMILES string of the molecule is COc1cc(CNCCS(C)(=O)=O)cc(Cl)c1OC. The lowest BCUT2D eigenvalue weighted by Crippen LogP contribution is -2.21. The number of benzene rings is 1. The quantitative estimate of drug-likeness (QED) is 0.773. The van der Waals surface area contributed by atoms with Crippen molar-refractivity contribution in [2.45, 2.75) is 6.54 Å². The van der Waals surface area contributed by atoms with Gasteiger partial charge in [-0.1, -0.05) is 11.6 Å². The van der Waals surface area contributed by atoms with Crippen LogP contribution < -0.4 is 14.8 Å². The molecule has 0 aliphatic heterocycles.